The third-order valence-corrected chi connectivity index (χ3v) is 5.22. The fourth-order valence-corrected chi connectivity index (χ4v) is 3.44. The number of unbranched alkanes of at least 4 members (excludes halogenated alkanes) is 9. The topological polar surface area (TPSA) is 26.3 Å². The van der Waals surface area contributed by atoms with Crippen LogP contribution >= 0.6 is 0 Å². The lowest BCUT2D eigenvalue weighted by atomic mass is 9.97. The molecule has 0 aromatic heterocycles. The van der Waals surface area contributed by atoms with Gasteiger partial charge in [-0.1, -0.05) is 103 Å². The second kappa shape index (κ2) is 14.7. The molecule has 0 bridgehead atoms. The molecule has 0 heterocycles. The number of carbonyl (C=O) groups excluding carboxylic acids is 1. The highest BCUT2D eigenvalue weighted by atomic mass is 16.5. The van der Waals surface area contributed by atoms with Crippen molar-refractivity contribution in [1.29, 1.82) is 0 Å². The molecule has 154 valence electrons. The minimum Gasteiger partial charge on any atom is -0.465 e. The summed E-state index contributed by atoms with van der Waals surface area (Å²) in [5.74, 6) is 0.378. The Kier molecular flexibility index (Phi) is 12.9. The van der Waals surface area contributed by atoms with Crippen molar-refractivity contribution in [1.82, 2.24) is 0 Å². The highest BCUT2D eigenvalue weighted by Gasteiger charge is 2.16. The first-order chi connectivity index (χ1) is 13.0. The Morgan fingerprint density at radius 2 is 1.33 bits per heavy atom. The van der Waals surface area contributed by atoms with Crippen molar-refractivity contribution in [2.24, 2.45) is 5.92 Å². The van der Waals surface area contributed by atoms with Gasteiger partial charge in [-0.2, -0.15) is 0 Å². The SMILES string of the molecule is CCCCCCCCCCCCOC(=O)[C@@H](C)c1ccc(CC(C)C)cc1. The smallest absolute Gasteiger partial charge is 0.313 e. The van der Waals surface area contributed by atoms with Crippen LogP contribution < -0.4 is 0 Å². The number of esters is 1. The Labute approximate surface area is 168 Å². The average Bonchev–Trinajstić information content (AvgIpc) is 2.65. The van der Waals surface area contributed by atoms with E-state index in [1.807, 2.05) is 6.92 Å². The molecule has 1 aromatic rings. The minimum atomic E-state index is -0.179. The van der Waals surface area contributed by atoms with Gasteiger partial charge in [0.15, 0.2) is 0 Å². The summed E-state index contributed by atoms with van der Waals surface area (Å²) in [6, 6.07) is 8.43. The first kappa shape index (κ1) is 23.7. The van der Waals surface area contributed by atoms with E-state index in [4.69, 9.17) is 4.74 Å². The maximum absolute atomic E-state index is 12.2. The van der Waals surface area contributed by atoms with E-state index in [0.717, 1.165) is 18.4 Å². The van der Waals surface area contributed by atoms with Crippen LogP contribution in [0.3, 0.4) is 0 Å². The Bertz CT molecular complexity index is 490. The summed E-state index contributed by atoms with van der Waals surface area (Å²) in [4.78, 5) is 12.2. The van der Waals surface area contributed by atoms with E-state index >= 15 is 0 Å². The number of hydrogen-bond acceptors (Lipinski definition) is 2. The van der Waals surface area contributed by atoms with E-state index in [9.17, 15) is 4.79 Å². The van der Waals surface area contributed by atoms with E-state index in [2.05, 4.69) is 45.0 Å². The van der Waals surface area contributed by atoms with Crippen LogP contribution in [0.1, 0.15) is 109 Å². The summed E-state index contributed by atoms with van der Waals surface area (Å²) in [6.07, 6.45) is 14.0. The largest absolute Gasteiger partial charge is 0.465 e. The van der Waals surface area contributed by atoms with Gasteiger partial charge in [0, 0.05) is 0 Å². The summed E-state index contributed by atoms with van der Waals surface area (Å²) in [7, 11) is 0. The predicted octanol–water partition coefficient (Wildman–Crippen LogP) is 7.45. The van der Waals surface area contributed by atoms with Gasteiger partial charge in [-0.3, -0.25) is 4.79 Å². The Morgan fingerprint density at radius 1 is 0.815 bits per heavy atom. The third kappa shape index (κ3) is 11.2. The molecule has 1 atom stereocenters. The summed E-state index contributed by atoms with van der Waals surface area (Å²) in [6.45, 7) is 9.21. The molecule has 0 aliphatic rings. The highest BCUT2D eigenvalue weighted by Crippen LogP contribution is 2.19. The van der Waals surface area contributed by atoms with Crippen molar-refractivity contribution in [2.45, 2.75) is 104 Å². The maximum atomic E-state index is 12.2. The zero-order valence-electron chi connectivity index (χ0n) is 18.3. The fraction of sp³-hybridized carbons (Fsp3) is 0.720. The normalized spacial score (nSPS) is 12.3. The third-order valence-electron chi connectivity index (χ3n) is 5.22. The van der Waals surface area contributed by atoms with Gasteiger partial charge >= 0.3 is 5.97 Å². The van der Waals surface area contributed by atoms with Crippen molar-refractivity contribution >= 4 is 5.97 Å². The molecule has 0 unspecified atom stereocenters. The summed E-state index contributed by atoms with van der Waals surface area (Å²) < 4.78 is 5.49. The van der Waals surface area contributed by atoms with E-state index in [1.54, 1.807) is 0 Å². The van der Waals surface area contributed by atoms with Gasteiger partial charge in [-0.05, 0) is 36.8 Å². The van der Waals surface area contributed by atoms with Crippen LogP contribution in [0.5, 0.6) is 0 Å². The average molecular weight is 375 g/mol. The molecule has 0 saturated heterocycles. The number of hydrogen-bond donors (Lipinski definition) is 0. The number of benzene rings is 1. The Balaban J connectivity index is 2.10. The molecule has 2 heteroatoms. The quantitative estimate of drug-likeness (QED) is 0.235. The molecule has 1 rings (SSSR count). The molecule has 0 spiro atoms. The van der Waals surface area contributed by atoms with Crippen molar-refractivity contribution in [3.63, 3.8) is 0 Å². The number of ether oxygens (including phenoxy) is 1. The number of carbonyl (C=O) groups is 1. The Morgan fingerprint density at radius 3 is 1.85 bits per heavy atom. The van der Waals surface area contributed by atoms with Crippen LogP contribution in [0.4, 0.5) is 0 Å². The molecule has 0 aliphatic heterocycles. The van der Waals surface area contributed by atoms with Crippen molar-refractivity contribution < 1.29 is 9.53 Å². The molecule has 0 fully saturated rings. The summed E-state index contributed by atoms with van der Waals surface area (Å²) in [5, 5.41) is 0. The van der Waals surface area contributed by atoms with Gasteiger partial charge in [-0.25, -0.2) is 0 Å². The van der Waals surface area contributed by atoms with Gasteiger partial charge in [-0.15, -0.1) is 0 Å². The van der Waals surface area contributed by atoms with Gasteiger partial charge < -0.3 is 4.74 Å². The van der Waals surface area contributed by atoms with E-state index in [1.165, 1.54) is 63.4 Å². The predicted molar refractivity (Wildman–Crippen MR) is 116 cm³/mol. The lowest BCUT2D eigenvalue weighted by molar-refractivity contribution is -0.145. The van der Waals surface area contributed by atoms with Crippen LogP contribution in [0.2, 0.25) is 0 Å². The number of rotatable bonds is 15. The molecule has 0 N–H and O–H groups in total. The summed E-state index contributed by atoms with van der Waals surface area (Å²) in [5.41, 5.74) is 2.38. The minimum absolute atomic E-state index is 0.0949. The molecule has 0 radical (unpaired) electrons. The second-order valence-electron chi connectivity index (χ2n) is 8.41. The first-order valence-electron chi connectivity index (χ1n) is 11.3. The monoisotopic (exact) mass is 374 g/mol. The van der Waals surface area contributed by atoms with Gasteiger partial charge in [0.2, 0.25) is 0 Å². The lowest BCUT2D eigenvalue weighted by Crippen LogP contribution is -2.14. The molecular weight excluding hydrogens is 332 g/mol. The van der Waals surface area contributed by atoms with Crippen LogP contribution in [-0.4, -0.2) is 12.6 Å². The summed E-state index contributed by atoms with van der Waals surface area (Å²) >= 11 is 0. The van der Waals surface area contributed by atoms with Crippen LogP contribution in [-0.2, 0) is 16.0 Å². The highest BCUT2D eigenvalue weighted by molar-refractivity contribution is 5.77. The van der Waals surface area contributed by atoms with Gasteiger partial charge in [0.25, 0.3) is 0 Å². The van der Waals surface area contributed by atoms with E-state index in [0.29, 0.717) is 12.5 Å². The first-order valence-corrected chi connectivity index (χ1v) is 11.3. The van der Waals surface area contributed by atoms with Crippen LogP contribution in [0.25, 0.3) is 0 Å². The zero-order valence-corrected chi connectivity index (χ0v) is 18.3. The fourth-order valence-electron chi connectivity index (χ4n) is 3.44. The van der Waals surface area contributed by atoms with Crippen molar-refractivity contribution in [3.05, 3.63) is 35.4 Å². The molecule has 0 aliphatic carbocycles. The second-order valence-corrected chi connectivity index (χ2v) is 8.41. The lowest BCUT2D eigenvalue weighted by Gasteiger charge is -2.13. The zero-order chi connectivity index (χ0) is 19.9. The van der Waals surface area contributed by atoms with Crippen LogP contribution in [0.15, 0.2) is 24.3 Å². The standard InChI is InChI=1S/C25H42O2/c1-5-6-7-8-9-10-11-12-13-14-19-27-25(26)22(4)24-17-15-23(16-18-24)20-21(2)3/h15-18,21-22H,5-14,19-20H2,1-4H3/t22-/m0/s1. The van der Waals surface area contributed by atoms with Gasteiger partial charge in [0.05, 0.1) is 12.5 Å². The van der Waals surface area contributed by atoms with Crippen molar-refractivity contribution in [2.75, 3.05) is 6.61 Å². The van der Waals surface area contributed by atoms with Gasteiger partial charge in [0.1, 0.15) is 0 Å². The van der Waals surface area contributed by atoms with Crippen LogP contribution in [0, 0.1) is 5.92 Å². The maximum Gasteiger partial charge on any atom is 0.313 e. The van der Waals surface area contributed by atoms with E-state index < -0.39 is 0 Å². The molecule has 0 saturated carbocycles. The van der Waals surface area contributed by atoms with E-state index in [-0.39, 0.29) is 11.9 Å². The molecule has 2 nitrogen and oxygen atoms in total. The molecular formula is C25H42O2. The Hall–Kier alpha value is -1.31. The van der Waals surface area contributed by atoms with Crippen molar-refractivity contribution in [3.8, 4) is 0 Å². The molecule has 27 heavy (non-hydrogen) atoms. The molecule has 0 amide bonds. The molecule has 1 aromatic carbocycles.